The van der Waals surface area contributed by atoms with Gasteiger partial charge in [0.15, 0.2) is 0 Å². The molecule has 0 spiro atoms. The molecule has 0 atom stereocenters. The lowest BCUT2D eigenvalue weighted by atomic mass is 10.1. The molecule has 1 aliphatic rings. The highest BCUT2D eigenvalue weighted by atomic mass is 16.2. The zero-order valence-corrected chi connectivity index (χ0v) is 13.8. The molecule has 7 heteroatoms. The third-order valence-electron chi connectivity index (χ3n) is 4.26. The molecule has 0 bridgehead atoms. The van der Waals surface area contributed by atoms with Crippen LogP contribution in [0.3, 0.4) is 0 Å². The van der Waals surface area contributed by atoms with E-state index in [1.54, 1.807) is 12.1 Å². The summed E-state index contributed by atoms with van der Waals surface area (Å²) >= 11 is 0. The van der Waals surface area contributed by atoms with E-state index in [-0.39, 0.29) is 16.9 Å². The first-order valence-corrected chi connectivity index (χ1v) is 7.91. The number of aromatic nitrogens is 2. The van der Waals surface area contributed by atoms with E-state index in [2.05, 4.69) is 10.3 Å². The molecule has 7 nitrogen and oxygen atoms in total. The van der Waals surface area contributed by atoms with Crippen molar-refractivity contribution in [1.82, 2.24) is 14.9 Å². The molecule has 26 heavy (non-hydrogen) atoms. The molecule has 3 heterocycles. The zero-order chi connectivity index (χ0) is 18.4. The number of carbonyl (C=O) groups excluding carboxylic acids is 2. The Morgan fingerprint density at radius 3 is 2.42 bits per heavy atom. The highest BCUT2D eigenvalue weighted by Crippen LogP contribution is 2.24. The summed E-state index contributed by atoms with van der Waals surface area (Å²) < 4.78 is 1.21. The minimum Gasteiger partial charge on any atom is -0.384 e. The summed E-state index contributed by atoms with van der Waals surface area (Å²) in [6.07, 6.45) is 0. The number of amides is 2. The van der Waals surface area contributed by atoms with Crippen LogP contribution < -0.4 is 16.6 Å². The molecule has 0 unspecified atom stereocenters. The Labute approximate surface area is 148 Å². The summed E-state index contributed by atoms with van der Waals surface area (Å²) in [4.78, 5) is 40.5. The van der Waals surface area contributed by atoms with Crippen LogP contribution in [0.4, 0.5) is 5.82 Å². The Kier molecular flexibility index (Phi) is 3.43. The van der Waals surface area contributed by atoms with Crippen molar-refractivity contribution >= 4 is 17.6 Å². The van der Waals surface area contributed by atoms with Gasteiger partial charge in [-0.1, -0.05) is 18.2 Å². The topological polar surface area (TPSA) is 107 Å². The number of benzene rings is 1. The van der Waals surface area contributed by atoms with Crippen LogP contribution >= 0.6 is 0 Å². The monoisotopic (exact) mass is 346 g/mol. The molecule has 4 rings (SSSR count). The number of carbonyl (C=O) groups is 2. The van der Waals surface area contributed by atoms with Crippen molar-refractivity contribution in [2.45, 2.75) is 6.92 Å². The predicted molar refractivity (Wildman–Crippen MR) is 96.2 cm³/mol. The Balaban J connectivity index is 1.82. The van der Waals surface area contributed by atoms with Crippen LogP contribution in [0, 0.1) is 6.92 Å². The van der Waals surface area contributed by atoms with Crippen molar-refractivity contribution in [3.63, 3.8) is 0 Å². The normalized spacial score (nSPS) is 12.8. The predicted octanol–water partition coefficient (Wildman–Crippen LogP) is 1.67. The molecule has 3 aromatic rings. The standard InChI is InChI=1S/C19H14N4O3/c1-10-3-2-4-14(21-10)11-5-7-12(8-6-11)23-15(24)9-13-16(17(23)20)19(26)22-18(13)25/h2-9H,20H2,1H3,(H,22,25,26). The smallest absolute Gasteiger partial charge is 0.262 e. The van der Waals surface area contributed by atoms with E-state index in [4.69, 9.17) is 5.73 Å². The lowest BCUT2D eigenvalue weighted by Crippen LogP contribution is -2.24. The number of nitrogens with two attached hydrogens (primary N) is 1. The maximum Gasteiger partial charge on any atom is 0.262 e. The number of rotatable bonds is 2. The second kappa shape index (κ2) is 5.66. The van der Waals surface area contributed by atoms with Crippen LogP contribution in [0.5, 0.6) is 0 Å². The van der Waals surface area contributed by atoms with Crippen LogP contribution in [-0.4, -0.2) is 21.4 Å². The lowest BCUT2D eigenvalue weighted by Gasteiger charge is -2.12. The van der Waals surface area contributed by atoms with Gasteiger partial charge in [-0.15, -0.1) is 0 Å². The Morgan fingerprint density at radius 2 is 1.73 bits per heavy atom. The molecule has 0 radical (unpaired) electrons. The fourth-order valence-corrected chi connectivity index (χ4v) is 3.03. The van der Waals surface area contributed by atoms with Crippen LogP contribution in [-0.2, 0) is 0 Å². The van der Waals surface area contributed by atoms with Crippen molar-refractivity contribution in [3.8, 4) is 16.9 Å². The van der Waals surface area contributed by atoms with Crippen molar-refractivity contribution in [2.24, 2.45) is 0 Å². The average molecular weight is 346 g/mol. The van der Waals surface area contributed by atoms with Gasteiger partial charge in [0, 0.05) is 17.3 Å². The van der Waals surface area contributed by atoms with Gasteiger partial charge in [0.1, 0.15) is 5.82 Å². The number of hydrogen-bond donors (Lipinski definition) is 2. The van der Waals surface area contributed by atoms with Gasteiger partial charge >= 0.3 is 0 Å². The fourth-order valence-electron chi connectivity index (χ4n) is 3.03. The number of nitrogens with one attached hydrogen (secondary N) is 1. The van der Waals surface area contributed by atoms with Crippen molar-refractivity contribution < 1.29 is 9.59 Å². The molecule has 3 N–H and O–H groups in total. The first-order valence-electron chi connectivity index (χ1n) is 7.91. The molecule has 0 fully saturated rings. The molecule has 1 aromatic carbocycles. The third-order valence-corrected chi connectivity index (χ3v) is 4.26. The third kappa shape index (κ3) is 2.37. The highest BCUT2D eigenvalue weighted by Gasteiger charge is 2.31. The van der Waals surface area contributed by atoms with Gasteiger partial charge in [-0.25, -0.2) is 0 Å². The van der Waals surface area contributed by atoms with Crippen LogP contribution in [0.15, 0.2) is 53.3 Å². The minimum atomic E-state index is -0.609. The molecule has 2 aromatic heterocycles. The number of fused-ring (bicyclic) bond motifs is 1. The Bertz CT molecular complexity index is 1130. The summed E-state index contributed by atoms with van der Waals surface area (Å²) in [5.74, 6) is -1.27. The van der Waals surface area contributed by atoms with Crippen molar-refractivity contribution in [3.05, 3.63) is 75.7 Å². The average Bonchev–Trinajstić information content (AvgIpc) is 2.89. The molecule has 2 amide bonds. The van der Waals surface area contributed by atoms with Gasteiger partial charge in [0.05, 0.1) is 22.5 Å². The maximum atomic E-state index is 12.4. The largest absolute Gasteiger partial charge is 0.384 e. The summed E-state index contributed by atoms with van der Waals surface area (Å²) in [7, 11) is 0. The number of hydrogen-bond acceptors (Lipinski definition) is 5. The van der Waals surface area contributed by atoms with Crippen molar-refractivity contribution in [1.29, 1.82) is 0 Å². The summed E-state index contributed by atoms with van der Waals surface area (Å²) in [5, 5.41) is 2.15. The van der Waals surface area contributed by atoms with E-state index in [1.165, 1.54) is 4.57 Å². The number of nitrogens with zero attached hydrogens (tertiary/aromatic N) is 2. The van der Waals surface area contributed by atoms with Gasteiger partial charge < -0.3 is 5.73 Å². The van der Waals surface area contributed by atoms with Crippen LogP contribution in [0.1, 0.15) is 26.4 Å². The fraction of sp³-hybridized carbons (Fsp3) is 0.0526. The van der Waals surface area contributed by atoms with E-state index < -0.39 is 17.4 Å². The van der Waals surface area contributed by atoms with E-state index in [0.717, 1.165) is 23.0 Å². The van der Waals surface area contributed by atoms with E-state index in [0.29, 0.717) is 5.69 Å². The van der Waals surface area contributed by atoms with Crippen LogP contribution in [0.25, 0.3) is 16.9 Å². The molecule has 1 aliphatic heterocycles. The van der Waals surface area contributed by atoms with Crippen LogP contribution in [0.2, 0.25) is 0 Å². The second-order valence-corrected chi connectivity index (χ2v) is 5.99. The number of pyridine rings is 2. The van der Waals surface area contributed by atoms with E-state index in [1.807, 2.05) is 37.3 Å². The Morgan fingerprint density at radius 1 is 1.00 bits per heavy atom. The number of imide groups is 1. The van der Waals surface area contributed by atoms with E-state index >= 15 is 0 Å². The quantitative estimate of drug-likeness (QED) is 0.687. The first kappa shape index (κ1) is 15.8. The van der Waals surface area contributed by atoms with Gasteiger partial charge in [0.2, 0.25) is 0 Å². The number of aryl methyl sites for hydroxylation is 1. The zero-order valence-electron chi connectivity index (χ0n) is 13.8. The molecule has 0 saturated carbocycles. The lowest BCUT2D eigenvalue weighted by molar-refractivity contribution is 0.0880. The SMILES string of the molecule is Cc1cccc(-c2ccc(-n3c(N)c4c(cc3=O)C(=O)NC4=O)cc2)n1. The van der Waals surface area contributed by atoms with Gasteiger partial charge in [-0.2, -0.15) is 0 Å². The highest BCUT2D eigenvalue weighted by molar-refractivity contribution is 6.23. The summed E-state index contributed by atoms with van der Waals surface area (Å²) in [6, 6.07) is 13.9. The van der Waals surface area contributed by atoms with Gasteiger partial charge in [0.25, 0.3) is 17.4 Å². The summed E-state index contributed by atoms with van der Waals surface area (Å²) in [6.45, 7) is 1.91. The summed E-state index contributed by atoms with van der Waals surface area (Å²) in [5.41, 5.74) is 8.69. The van der Waals surface area contributed by atoms with Gasteiger partial charge in [-0.3, -0.25) is 29.3 Å². The second-order valence-electron chi connectivity index (χ2n) is 5.99. The number of anilines is 1. The van der Waals surface area contributed by atoms with E-state index in [9.17, 15) is 14.4 Å². The molecular formula is C19H14N4O3. The first-order chi connectivity index (χ1) is 12.5. The molecule has 0 aliphatic carbocycles. The minimum absolute atomic E-state index is 0.00864. The van der Waals surface area contributed by atoms with Crippen molar-refractivity contribution in [2.75, 3.05) is 5.73 Å². The number of nitrogen functional groups attached to an aromatic ring is 1. The molecule has 128 valence electrons. The Hall–Kier alpha value is -3.74. The maximum absolute atomic E-state index is 12.4. The van der Waals surface area contributed by atoms with Gasteiger partial charge in [-0.05, 0) is 31.2 Å². The molecule has 0 saturated heterocycles. The molecular weight excluding hydrogens is 332 g/mol.